The standard InChI is InChI=1S/C17H19N/c1-14-8-10-15(11-9-14)16-6-2-3-7-17(16)18-12-4-5-13-18/h2-3,6-11H,4-5,12-13H2,1H3. The maximum Gasteiger partial charge on any atom is 0.0445 e. The molecule has 1 heterocycles. The van der Waals surface area contributed by atoms with E-state index in [1.807, 2.05) is 0 Å². The van der Waals surface area contributed by atoms with Gasteiger partial charge in [-0.05, 0) is 31.4 Å². The minimum atomic E-state index is 1.20. The lowest BCUT2D eigenvalue weighted by Gasteiger charge is -2.21. The number of anilines is 1. The molecule has 0 aliphatic carbocycles. The topological polar surface area (TPSA) is 3.24 Å². The van der Waals surface area contributed by atoms with Crippen molar-refractivity contribution in [2.45, 2.75) is 19.8 Å². The van der Waals surface area contributed by atoms with E-state index in [1.165, 1.54) is 48.3 Å². The fraction of sp³-hybridized carbons (Fsp3) is 0.294. The molecule has 0 saturated carbocycles. The van der Waals surface area contributed by atoms with Gasteiger partial charge in [0.15, 0.2) is 0 Å². The Kier molecular flexibility index (Phi) is 3.06. The van der Waals surface area contributed by atoms with E-state index >= 15 is 0 Å². The lowest BCUT2D eigenvalue weighted by atomic mass is 10.0. The first-order chi connectivity index (χ1) is 8.84. The van der Waals surface area contributed by atoms with Crippen LogP contribution in [-0.4, -0.2) is 13.1 Å². The normalized spacial score (nSPS) is 15.1. The van der Waals surface area contributed by atoms with Gasteiger partial charge in [-0.25, -0.2) is 0 Å². The first-order valence-electron chi connectivity index (χ1n) is 6.75. The third-order valence-electron chi connectivity index (χ3n) is 3.71. The molecule has 3 rings (SSSR count). The monoisotopic (exact) mass is 237 g/mol. The van der Waals surface area contributed by atoms with Crippen molar-refractivity contribution in [2.24, 2.45) is 0 Å². The van der Waals surface area contributed by atoms with E-state index < -0.39 is 0 Å². The molecule has 2 aromatic rings. The molecule has 1 fully saturated rings. The number of hydrogen-bond donors (Lipinski definition) is 0. The minimum absolute atomic E-state index is 1.20. The van der Waals surface area contributed by atoms with Crippen LogP contribution in [0.3, 0.4) is 0 Å². The molecule has 1 heteroatoms. The molecule has 2 aromatic carbocycles. The fourth-order valence-electron chi connectivity index (χ4n) is 2.68. The van der Waals surface area contributed by atoms with Crippen molar-refractivity contribution in [1.82, 2.24) is 0 Å². The van der Waals surface area contributed by atoms with Gasteiger partial charge in [-0.15, -0.1) is 0 Å². The van der Waals surface area contributed by atoms with Crippen LogP contribution in [0, 0.1) is 6.92 Å². The average Bonchev–Trinajstić information content (AvgIpc) is 2.93. The fourth-order valence-corrected chi connectivity index (χ4v) is 2.68. The Bertz CT molecular complexity index is 522. The highest BCUT2D eigenvalue weighted by Crippen LogP contribution is 2.32. The first kappa shape index (κ1) is 11.3. The van der Waals surface area contributed by atoms with Crippen LogP contribution in [0.5, 0.6) is 0 Å². The van der Waals surface area contributed by atoms with Gasteiger partial charge < -0.3 is 4.90 Å². The van der Waals surface area contributed by atoms with Gasteiger partial charge in [0.2, 0.25) is 0 Å². The van der Waals surface area contributed by atoms with Crippen molar-refractivity contribution < 1.29 is 0 Å². The van der Waals surface area contributed by atoms with Gasteiger partial charge in [0.05, 0.1) is 0 Å². The summed E-state index contributed by atoms with van der Waals surface area (Å²) < 4.78 is 0. The third-order valence-corrected chi connectivity index (χ3v) is 3.71. The Labute approximate surface area is 109 Å². The Balaban J connectivity index is 2.03. The second-order valence-electron chi connectivity index (χ2n) is 5.08. The molecule has 1 saturated heterocycles. The molecular formula is C17H19N. The average molecular weight is 237 g/mol. The molecule has 0 aromatic heterocycles. The van der Waals surface area contributed by atoms with Crippen LogP contribution in [0.2, 0.25) is 0 Å². The lowest BCUT2D eigenvalue weighted by molar-refractivity contribution is 0.949. The van der Waals surface area contributed by atoms with Gasteiger partial charge in [-0.3, -0.25) is 0 Å². The van der Waals surface area contributed by atoms with E-state index in [9.17, 15) is 0 Å². The summed E-state index contributed by atoms with van der Waals surface area (Å²) >= 11 is 0. The van der Waals surface area contributed by atoms with Crippen LogP contribution in [0.25, 0.3) is 11.1 Å². The molecule has 0 unspecified atom stereocenters. The molecule has 1 aliphatic rings. The Hall–Kier alpha value is -1.76. The van der Waals surface area contributed by atoms with Gasteiger partial charge >= 0.3 is 0 Å². The van der Waals surface area contributed by atoms with Crippen LogP contribution in [0.15, 0.2) is 48.5 Å². The van der Waals surface area contributed by atoms with E-state index in [0.29, 0.717) is 0 Å². The predicted octanol–water partition coefficient (Wildman–Crippen LogP) is 4.26. The summed E-state index contributed by atoms with van der Waals surface area (Å²) in [6, 6.07) is 17.6. The predicted molar refractivity (Wildman–Crippen MR) is 78.1 cm³/mol. The van der Waals surface area contributed by atoms with Gasteiger partial charge in [0.25, 0.3) is 0 Å². The Morgan fingerprint density at radius 2 is 1.50 bits per heavy atom. The van der Waals surface area contributed by atoms with E-state index in [2.05, 4.69) is 60.4 Å². The van der Waals surface area contributed by atoms with Crippen molar-refractivity contribution in [3.05, 3.63) is 54.1 Å². The summed E-state index contributed by atoms with van der Waals surface area (Å²) in [5.74, 6) is 0. The molecule has 0 spiro atoms. The zero-order valence-corrected chi connectivity index (χ0v) is 10.9. The van der Waals surface area contributed by atoms with Crippen molar-refractivity contribution in [2.75, 3.05) is 18.0 Å². The van der Waals surface area contributed by atoms with E-state index in [4.69, 9.17) is 0 Å². The highest BCUT2D eigenvalue weighted by atomic mass is 15.1. The Morgan fingerprint density at radius 3 is 2.22 bits per heavy atom. The summed E-state index contributed by atoms with van der Waals surface area (Å²) in [5, 5.41) is 0. The first-order valence-corrected chi connectivity index (χ1v) is 6.75. The van der Waals surface area contributed by atoms with Crippen molar-refractivity contribution in [3.63, 3.8) is 0 Å². The largest absolute Gasteiger partial charge is 0.371 e. The second kappa shape index (κ2) is 4.85. The molecule has 0 amide bonds. The highest BCUT2D eigenvalue weighted by Gasteiger charge is 2.15. The molecule has 0 radical (unpaired) electrons. The van der Waals surface area contributed by atoms with Crippen molar-refractivity contribution >= 4 is 5.69 Å². The summed E-state index contributed by atoms with van der Waals surface area (Å²) in [7, 11) is 0. The van der Waals surface area contributed by atoms with E-state index in [1.54, 1.807) is 0 Å². The number of para-hydroxylation sites is 1. The van der Waals surface area contributed by atoms with Gasteiger partial charge in [-0.1, -0.05) is 48.0 Å². The minimum Gasteiger partial charge on any atom is -0.371 e. The molecular weight excluding hydrogens is 218 g/mol. The van der Waals surface area contributed by atoms with Crippen molar-refractivity contribution in [3.8, 4) is 11.1 Å². The van der Waals surface area contributed by atoms with Crippen LogP contribution in [0.4, 0.5) is 5.69 Å². The number of rotatable bonds is 2. The summed E-state index contributed by atoms with van der Waals surface area (Å²) in [5.41, 5.74) is 5.39. The SMILES string of the molecule is Cc1ccc(-c2ccccc2N2CCCC2)cc1. The number of hydrogen-bond acceptors (Lipinski definition) is 1. The van der Waals surface area contributed by atoms with E-state index in [0.717, 1.165) is 0 Å². The van der Waals surface area contributed by atoms with Crippen LogP contribution in [-0.2, 0) is 0 Å². The summed E-state index contributed by atoms with van der Waals surface area (Å²) in [6.45, 7) is 4.53. The highest BCUT2D eigenvalue weighted by molar-refractivity contribution is 5.78. The second-order valence-corrected chi connectivity index (χ2v) is 5.08. The maximum absolute atomic E-state index is 2.51. The molecule has 0 atom stereocenters. The van der Waals surface area contributed by atoms with Crippen molar-refractivity contribution in [1.29, 1.82) is 0 Å². The van der Waals surface area contributed by atoms with Crippen LogP contribution in [0.1, 0.15) is 18.4 Å². The molecule has 1 nitrogen and oxygen atoms in total. The van der Waals surface area contributed by atoms with Gasteiger partial charge in [-0.2, -0.15) is 0 Å². The molecule has 18 heavy (non-hydrogen) atoms. The quantitative estimate of drug-likeness (QED) is 0.754. The van der Waals surface area contributed by atoms with Gasteiger partial charge in [0, 0.05) is 24.3 Å². The zero-order valence-electron chi connectivity index (χ0n) is 10.9. The summed E-state index contributed by atoms with van der Waals surface area (Å²) in [4.78, 5) is 2.51. The summed E-state index contributed by atoms with van der Waals surface area (Å²) in [6.07, 6.45) is 2.64. The molecule has 0 bridgehead atoms. The van der Waals surface area contributed by atoms with Gasteiger partial charge in [0.1, 0.15) is 0 Å². The molecule has 0 N–H and O–H groups in total. The number of aryl methyl sites for hydroxylation is 1. The number of nitrogens with zero attached hydrogens (tertiary/aromatic N) is 1. The smallest absolute Gasteiger partial charge is 0.0445 e. The molecule has 1 aliphatic heterocycles. The maximum atomic E-state index is 2.51. The lowest BCUT2D eigenvalue weighted by Crippen LogP contribution is -2.18. The van der Waals surface area contributed by atoms with Crippen LogP contribution < -0.4 is 4.90 Å². The number of benzene rings is 2. The molecule has 92 valence electrons. The Morgan fingerprint density at radius 1 is 0.833 bits per heavy atom. The van der Waals surface area contributed by atoms with E-state index in [-0.39, 0.29) is 0 Å². The van der Waals surface area contributed by atoms with Crippen LogP contribution >= 0.6 is 0 Å². The zero-order chi connectivity index (χ0) is 12.4. The third kappa shape index (κ3) is 2.13.